The topological polar surface area (TPSA) is 50.4 Å². The van der Waals surface area contributed by atoms with E-state index in [-0.39, 0.29) is 16.7 Å². The molecule has 0 atom stereocenters. The Labute approximate surface area is 152 Å². The molecule has 4 nitrogen and oxygen atoms in total. The van der Waals surface area contributed by atoms with Gasteiger partial charge in [0.1, 0.15) is 0 Å². The molecule has 1 aromatic carbocycles. The SMILES string of the molecule is COCC1(CNC(=O)CCc2ccc(C(C)(C)C)cc2)CCNCC1. The molecule has 0 aromatic heterocycles. The molecule has 0 spiro atoms. The van der Waals surface area contributed by atoms with E-state index < -0.39 is 0 Å². The van der Waals surface area contributed by atoms with Gasteiger partial charge in [-0.05, 0) is 48.9 Å². The van der Waals surface area contributed by atoms with Crippen LogP contribution in [0.4, 0.5) is 0 Å². The van der Waals surface area contributed by atoms with Gasteiger partial charge in [-0.15, -0.1) is 0 Å². The normalized spacial score (nSPS) is 17.3. The standard InChI is InChI=1S/C21H34N2O2/c1-20(2,3)18-8-5-17(6-9-18)7-10-19(24)23-15-21(16-25-4)11-13-22-14-12-21/h5-6,8-9,22H,7,10-16H2,1-4H3,(H,23,24). The van der Waals surface area contributed by atoms with Crippen LogP contribution in [-0.4, -0.2) is 39.3 Å². The number of ether oxygens (including phenoxy) is 1. The molecule has 0 radical (unpaired) electrons. The van der Waals surface area contributed by atoms with Crippen LogP contribution in [-0.2, 0) is 21.4 Å². The first-order valence-corrected chi connectivity index (χ1v) is 9.40. The van der Waals surface area contributed by atoms with Crippen molar-refractivity contribution in [2.45, 2.75) is 51.9 Å². The molecule has 0 bridgehead atoms. The molecule has 1 aliphatic heterocycles. The Hall–Kier alpha value is -1.39. The van der Waals surface area contributed by atoms with Crippen LogP contribution in [0.1, 0.15) is 51.2 Å². The molecule has 1 fully saturated rings. The maximum Gasteiger partial charge on any atom is 0.220 e. The number of carbonyl (C=O) groups excluding carboxylic acids is 1. The van der Waals surface area contributed by atoms with Gasteiger partial charge in [0.05, 0.1) is 6.61 Å². The van der Waals surface area contributed by atoms with Crippen molar-refractivity contribution in [3.63, 3.8) is 0 Å². The van der Waals surface area contributed by atoms with Crippen molar-refractivity contribution in [3.8, 4) is 0 Å². The molecule has 1 heterocycles. The van der Waals surface area contributed by atoms with Gasteiger partial charge in [0.2, 0.25) is 5.91 Å². The van der Waals surface area contributed by atoms with Crippen LogP contribution in [0.3, 0.4) is 0 Å². The Morgan fingerprint density at radius 2 is 1.84 bits per heavy atom. The number of hydrogen-bond acceptors (Lipinski definition) is 3. The minimum Gasteiger partial charge on any atom is -0.384 e. The first kappa shape index (κ1) is 19.9. The van der Waals surface area contributed by atoms with E-state index in [1.165, 1.54) is 11.1 Å². The second-order valence-electron chi connectivity index (χ2n) is 8.41. The third-order valence-corrected chi connectivity index (χ3v) is 5.24. The lowest BCUT2D eigenvalue weighted by atomic mass is 9.79. The summed E-state index contributed by atoms with van der Waals surface area (Å²) < 4.78 is 5.41. The Bertz CT molecular complexity index is 534. The van der Waals surface area contributed by atoms with E-state index in [0.717, 1.165) is 32.4 Å². The number of carbonyl (C=O) groups is 1. The number of benzene rings is 1. The van der Waals surface area contributed by atoms with Gasteiger partial charge < -0.3 is 15.4 Å². The van der Waals surface area contributed by atoms with E-state index in [0.29, 0.717) is 19.6 Å². The minimum absolute atomic E-state index is 0.0873. The third kappa shape index (κ3) is 6.12. The highest BCUT2D eigenvalue weighted by atomic mass is 16.5. The fraction of sp³-hybridized carbons (Fsp3) is 0.667. The van der Waals surface area contributed by atoms with Crippen LogP contribution >= 0.6 is 0 Å². The summed E-state index contributed by atoms with van der Waals surface area (Å²) in [4.78, 5) is 12.3. The van der Waals surface area contributed by atoms with Crippen molar-refractivity contribution in [2.75, 3.05) is 33.4 Å². The summed E-state index contributed by atoms with van der Waals surface area (Å²) in [5.41, 5.74) is 2.80. The molecule has 0 aliphatic carbocycles. The predicted octanol–water partition coefficient (Wildman–Crippen LogP) is 3.05. The van der Waals surface area contributed by atoms with Crippen molar-refractivity contribution in [1.29, 1.82) is 0 Å². The minimum atomic E-state index is 0.0873. The lowest BCUT2D eigenvalue weighted by Crippen LogP contribution is -2.47. The van der Waals surface area contributed by atoms with Gasteiger partial charge in [-0.3, -0.25) is 4.79 Å². The summed E-state index contributed by atoms with van der Waals surface area (Å²) in [5.74, 6) is 0.133. The predicted molar refractivity (Wildman–Crippen MR) is 103 cm³/mol. The van der Waals surface area contributed by atoms with E-state index in [9.17, 15) is 4.79 Å². The number of aryl methyl sites for hydroxylation is 1. The molecular weight excluding hydrogens is 312 g/mol. The Morgan fingerprint density at radius 3 is 2.40 bits per heavy atom. The van der Waals surface area contributed by atoms with Crippen LogP contribution < -0.4 is 10.6 Å². The molecule has 2 N–H and O–H groups in total. The average Bonchev–Trinajstić information content (AvgIpc) is 2.59. The Morgan fingerprint density at radius 1 is 1.20 bits per heavy atom. The molecule has 1 aromatic rings. The second kappa shape index (κ2) is 8.81. The monoisotopic (exact) mass is 346 g/mol. The first-order chi connectivity index (χ1) is 11.8. The zero-order valence-electron chi connectivity index (χ0n) is 16.3. The molecule has 25 heavy (non-hydrogen) atoms. The summed E-state index contributed by atoms with van der Waals surface area (Å²) in [6, 6.07) is 8.64. The number of hydrogen-bond donors (Lipinski definition) is 2. The van der Waals surface area contributed by atoms with E-state index in [1.54, 1.807) is 7.11 Å². The van der Waals surface area contributed by atoms with Gasteiger partial charge >= 0.3 is 0 Å². The van der Waals surface area contributed by atoms with Crippen LogP contribution in [0.25, 0.3) is 0 Å². The van der Waals surface area contributed by atoms with Crippen molar-refractivity contribution >= 4 is 5.91 Å². The molecule has 140 valence electrons. The zero-order valence-corrected chi connectivity index (χ0v) is 16.3. The number of amides is 1. The lowest BCUT2D eigenvalue weighted by molar-refractivity contribution is -0.122. The van der Waals surface area contributed by atoms with Crippen molar-refractivity contribution in [2.24, 2.45) is 5.41 Å². The number of piperidine rings is 1. The van der Waals surface area contributed by atoms with Gasteiger partial charge in [-0.2, -0.15) is 0 Å². The third-order valence-electron chi connectivity index (χ3n) is 5.24. The maximum atomic E-state index is 12.3. The summed E-state index contributed by atoms with van der Waals surface area (Å²) in [5, 5.41) is 6.52. The van der Waals surface area contributed by atoms with Gasteiger partial charge in [0, 0.05) is 25.5 Å². The number of methoxy groups -OCH3 is 1. The molecular formula is C21H34N2O2. The van der Waals surface area contributed by atoms with E-state index in [1.807, 2.05) is 0 Å². The molecule has 0 saturated carbocycles. The van der Waals surface area contributed by atoms with Crippen molar-refractivity contribution < 1.29 is 9.53 Å². The fourth-order valence-corrected chi connectivity index (χ4v) is 3.44. The summed E-state index contributed by atoms with van der Waals surface area (Å²) in [6.45, 7) is 10.1. The quantitative estimate of drug-likeness (QED) is 0.798. The highest BCUT2D eigenvalue weighted by molar-refractivity contribution is 5.76. The first-order valence-electron chi connectivity index (χ1n) is 9.40. The molecule has 2 rings (SSSR count). The molecule has 1 saturated heterocycles. The van der Waals surface area contributed by atoms with Crippen LogP contribution in [0.15, 0.2) is 24.3 Å². The van der Waals surface area contributed by atoms with Crippen LogP contribution in [0.5, 0.6) is 0 Å². The molecule has 4 heteroatoms. The summed E-state index contributed by atoms with van der Waals surface area (Å²) in [7, 11) is 1.74. The van der Waals surface area contributed by atoms with Crippen LogP contribution in [0, 0.1) is 5.41 Å². The van der Waals surface area contributed by atoms with Gasteiger partial charge in [0.15, 0.2) is 0 Å². The van der Waals surface area contributed by atoms with Crippen LogP contribution in [0.2, 0.25) is 0 Å². The van der Waals surface area contributed by atoms with Gasteiger partial charge in [-0.25, -0.2) is 0 Å². The summed E-state index contributed by atoms with van der Waals surface area (Å²) >= 11 is 0. The van der Waals surface area contributed by atoms with E-state index in [2.05, 4.69) is 55.7 Å². The average molecular weight is 347 g/mol. The van der Waals surface area contributed by atoms with E-state index in [4.69, 9.17) is 4.74 Å². The maximum absolute atomic E-state index is 12.3. The van der Waals surface area contributed by atoms with Crippen molar-refractivity contribution in [1.82, 2.24) is 10.6 Å². The molecule has 0 unspecified atom stereocenters. The summed E-state index contributed by atoms with van der Waals surface area (Å²) in [6.07, 6.45) is 3.43. The fourth-order valence-electron chi connectivity index (χ4n) is 3.44. The van der Waals surface area contributed by atoms with Gasteiger partial charge in [0.25, 0.3) is 0 Å². The molecule has 1 aliphatic rings. The van der Waals surface area contributed by atoms with Gasteiger partial charge in [-0.1, -0.05) is 45.0 Å². The zero-order chi connectivity index (χ0) is 18.3. The largest absolute Gasteiger partial charge is 0.384 e. The molecule has 1 amide bonds. The van der Waals surface area contributed by atoms with Crippen molar-refractivity contribution in [3.05, 3.63) is 35.4 Å². The second-order valence-corrected chi connectivity index (χ2v) is 8.41. The number of rotatable bonds is 7. The highest BCUT2D eigenvalue weighted by Crippen LogP contribution is 2.28. The van der Waals surface area contributed by atoms with E-state index >= 15 is 0 Å². The highest BCUT2D eigenvalue weighted by Gasteiger charge is 2.32. The lowest BCUT2D eigenvalue weighted by Gasteiger charge is -2.37. The number of nitrogens with one attached hydrogen (secondary N) is 2. The Balaban J connectivity index is 1.80. The Kier molecular flexibility index (Phi) is 7.03. The smallest absolute Gasteiger partial charge is 0.220 e.